The molecule has 6 heteroatoms. The number of nitrogens with two attached hydrogens (primary N) is 1. The fourth-order valence-corrected chi connectivity index (χ4v) is 3.40. The molecular formula is C24H26ClNO4. The summed E-state index contributed by atoms with van der Waals surface area (Å²) in [5, 5.41) is 2.19. The summed E-state index contributed by atoms with van der Waals surface area (Å²) in [7, 11) is 1.67. The predicted octanol–water partition coefficient (Wildman–Crippen LogP) is 0.148. The van der Waals surface area contributed by atoms with Gasteiger partial charge >= 0.3 is 0 Å². The van der Waals surface area contributed by atoms with E-state index in [4.69, 9.17) is 18.9 Å². The van der Waals surface area contributed by atoms with Gasteiger partial charge in [-0.2, -0.15) is 0 Å². The Morgan fingerprint density at radius 2 is 1.70 bits per heavy atom. The summed E-state index contributed by atoms with van der Waals surface area (Å²) in [6.45, 7) is 2.77. The minimum absolute atomic E-state index is 0. The first kappa shape index (κ1) is 21.8. The van der Waals surface area contributed by atoms with Crippen LogP contribution in [0.1, 0.15) is 0 Å². The summed E-state index contributed by atoms with van der Waals surface area (Å²) < 4.78 is 23.4. The second kappa shape index (κ2) is 10.8. The van der Waals surface area contributed by atoms with Crippen LogP contribution in [0.5, 0.6) is 23.0 Å². The van der Waals surface area contributed by atoms with Gasteiger partial charge < -0.3 is 36.7 Å². The SMILES string of the molecule is COc1cccc(-c2ccccc2)c1OCC[NH2+]C[C@@H]1COc2ccccc2O1.[Cl-]. The Morgan fingerprint density at radius 3 is 2.50 bits per heavy atom. The van der Waals surface area contributed by atoms with Crippen LogP contribution in [0.2, 0.25) is 0 Å². The van der Waals surface area contributed by atoms with Crippen molar-refractivity contribution in [3.8, 4) is 34.1 Å². The molecule has 0 saturated carbocycles. The largest absolute Gasteiger partial charge is 1.00 e. The number of quaternary nitrogens is 1. The van der Waals surface area contributed by atoms with Crippen molar-refractivity contribution in [3.05, 3.63) is 72.8 Å². The summed E-state index contributed by atoms with van der Waals surface area (Å²) in [5.41, 5.74) is 2.14. The second-order valence-corrected chi connectivity index (χ2v) is 6.86. The zero-order valence-electron chi connectivity index (χ0n) is 16.9. The van der Waals surface area contributed by atoms with Crippen molar-refractivity contribution in [2.75, 3.05) is 33.4 Å². The highest BCUT2D eigenvalue weighted by Gasteiger charge is 2.21. The van der Waals surface area contributed by atoms with Crippen molar-refractivity contribution in [3.63, 3.8) is 0 Å². The minimum Gasteiger partial charge on any atom is -1.00 e. The summed E-state index contributed by atoms with van der Waals surface area (Å²) in [6.07, 6.45) is 0.0380. The fourth-order valence-electron chi connectivity index (χ4n) is 3.40. The second-order valence-electron chi connectivity index (χ2n) is 6.86. The van der Waals surface area contributed by atoms with Crippen molar-refractivity contribution < 1.29 is 36.7 Å². The van der Waals surface area contributed by atoms with Gasteiger partial charge in [0, 0.05) is 5.56 Å². The van der Waals surface area contributed by atoms with Gasteiger partial charge in [0.1, 0.15) is 26.3 Å². The molecule has 2 N–H and O–H groups in total. The van der Waals surface area contributed by atoms with Gasteiger partial charge in [-0.15, -0.1) is 0 Å². The number of halogens is 1. The highest BCUT2D eigenvalue weighted by molar-refractivity contribution is 5.73. The molecule has 0 fully saturated rings. The topological polar surface area (TPSA) is 53.5 Å². The summed E-state index contributed by atoms with van der Waals surface area (Å²) in [4.78, 5) is 0. The molecule has 0 radical (unpaired) electrons. The summed E-state index contributed by atoms with van der Waals surface area (Å²) in [6, 6.07) is 24.0. The Labute approximate surface area is 183 Å². The van der Waals surface area contributed by atoms with Gasteiger partial charge in [-0.25, -0.2) is 0 Å². The van der Waals surface area contributed by atoms with E-state index in [0.29, 0.717) is 13.2 Å². The first-order valence-corrected chi connectivity index (χ1v) is 9.90. The number of fused-ring (bicyclic) bond motifs is 1. The highest BCUT2D eigenvalue weighted by atomic mass is 35.5. The van der Waals surface area contributed by atoms with Crippen LogP contribution >= 0.6 is 0 Å². The molecule has 3 aromatic rings. The third kappa shape index (κ3) is 5.17. The number of rotatable bonds is 8. The number of para-hydroxylation sites is 3. The van der Waals surface area contributed by atoms with Crippen LogP contribution in [0.4, 0.5) is 0 Å². The first-order chi connectivity index (χ1) is 14.3. The molecule has 0 unspecified atom stereocenters. The van der Waals surface area contributed by atoms with Crippen molar-refractivity contribution in [2.45, 2.75) is 6.10 Å². The number of ether oxygens (including phenoxy) is 4. The molecule has 0 spiro atoms. The van der Waals surface area contributed by atoms with Crippen LogP contribution in [0.15, 0.2) is 72.8 Å². The lowest BCUT2D eigenvalue weighted by Crippen LogP contribution is -3.00. The van der Waals surface area contributed by atoms with Crippen LogP contribution in [0, 0.1) is 0 Å². The lowest BCUT2D eigenvalue weighted by atomic mass is 10.0. The molecule has 1 heterocycles. The molecule has 0 aliphatic carbocycles. The van der Waals surface area contributed by atoms with E-state index >= 15 is 0 Å². The normalized spacial score (nSPS) is 14.5. The number of benzene rings is 3. The molecule has 5 nitrogen and oxygen atoms in total. The smallest absolute Gasteiger partial charge is 0.181 e. The van der Waals surface area contributed by atoms with Gasteiger partial charge in [-0.3, -0.25) is 0 Å². The minimum atomic E-state index is 0. The van der Waals surface area contributed by atoms with Crippen LogP contribution in [0.3, 0.4) is 0 Å². The maximum Gasteiger partial charge on any atom is 0.181 e. The van der Waals surface area contributed by atoms with E-state index < -0.39 is 0 Å². The summed E-state index contributed by atoms with van der Waals surface area (Å²) in [5.74, 6) is 3.15. The third-order valence-electron chi connectivity index (χ3n) is 4.85. The van der Waals surface area contributed by atoms with E-state index in [1.807, 2.05) is 54.6 Å². The lowest BCUT2D eigenvalue weighted by Gasteiger charge is -2.25. The Kier molecular flexibility index (Phi) is 7.82. The van der Waals surface area contributed by atoms with E-state index in [1.165, 1.54) is 0 Å². The molecule has 4 rings (SSSR count). The number of methoxy groups -OCH3 is 1. The molecule has 0 aromatic heterocycles. The molecule has 1 aliphatic rings. The number of hydrogen-bond acceptors (Lipinski definition) is 4. The molecule has 30 heavy (non-hydrogen) atoms. The molecular weight excluding hydrogens is 402 g/mol. The Balaban J connectivity index is 0.00000256. The van der Waals surface area contributed by atoms with Gasteiger partial charge in [0.15, 0.2) is 29.1 Å². The zero-order chi connectivity index (χ0) is 19.9. The van der Waals surface area contributed by atoms with Gasteiger partial charge in [0.05, 0.1) is 7.11 Å². The van der Waals surface area contributed by atoms with Crippen molar-refractivity contribution in [2.24, 2.45) is 0 Å². The van der Waals surface area contributed by atoms with Crippen molar-refractivity contribution in [1.29, 1.82) is 0 Å². The van der Waals surface area contributed by atoms with Crippen LogP contribution in [-0.2, 0) is 0 Å². The quantitative estimate of drug-likeness (QED) is 0.520. The van der Waals surface area contributed by atoms with Crippen LogP contribution in [-0.4, -0.2) is 39.5 Å². The molecule has 1 aliphatic heterocycles. The first-order valence-electron chi connectivity index (χ1n) is 9.90. The van der Waals surface area contributed by atoms with Gasteiger partial charge in [-0.1, -0.05) is 54.6 Å². The molecule has 0 amide bonds. The van der Waals surface area contributed by atoms with Gasteiger partial charge in [0.25, 0.3) is 0 Å². The zero-order valence-corrected chi connectivity index (χ0v) is 17.7. The molecule has 158 valence electrons. The molecule has 3 aromatic carbocycles. The van der Waals surface area contributed by atoms with E-state index in [1.54, 1.807) is 7.11 Å². The van der Waals surface area contributed by atoms with Crippen LogP contribution in [0.25, 0.3) is 11.1 Å². The van der Waals surface area contributed by atoms with Gasteiger partial charge in [-0.05, 0) is 23.8 Å². The van der Waals surface area contributed by atoms with E-state index in [9.17, 15) is 0 Å². The molecule has 1 atom stereocenters. The monoisotopic (exact) mass is 427 g/mol. The van der Waals surface area contributed by atoms with E-state index in [-0.39, 0.29) is 18.5 Å². The van der Waals surface area contributed by atoms with Crippen molar-refractivity contribution >= 4 is 0 Å². The third-order valence-corrected chi connectivity index (χ3v) is 4.85. The van der Waals surface area contributed by atoms with Crippen LogP contribution < -0.4 is 36.7 Å². The van der Waals surface area contributed by atoms with Crippen molar-refractivity contribution in [1.82, 2.24) is 0 Å². The maximum atomic E-state index is 6.13. The maximum absolute atomic E-state index is 6.13. The average Bonchev–Trinajstić information content (AvgIpc) is 2.79. The van der Waals surface area contributed by atoms with Gasteiger partial charge in [0.2, 0.25) is 0 Å². The molecule has 0 saturated heterocycles. The predicted molar refractivity (Wildman–Crippen MR) is 112 cm³/mol. The fraction of sp³-hybridized carbons (Fsp3) is 0.250. The summed E-state index contributed by atoms with van der Waals surface area (Å²) >= 11 is 0. The lowest BCUT2D eigenvalue weighted by molar-refractivity contribution is -0.661. The molecule has 0 bridgehead atoms. The van der Waals surface area contributed by atoms with E-state index in [2.05, 4.69) is 23.5 Å². The van der Waals surface area contributed by atoms with E-state index in [0.717, 1.165) is 47.2 Å². The Bertz CT molecular complexity index is 935. The highest BCUT2D eigenvalue weighted by Crippen LogP contribution is 2.37. The Hall–Kier alpha value is -2.89. The average molecular weight is 428 g/mol. The Morgan fingerprint density at radius 1 is 0.933 bits per heavy atom. The standard InChI is InChI=1S/C24H25NO4.ClH/c1-26-23-13-7-10-20(18-8-3-2-4-9-18)24(23)27-15-14-25-16-19-17-28-21-11-5-6-12-22(21)29-19;/h2-13,19,25H,14-17H2,1H3;1H/t19-;/m1./s1. The number of hydrogen-bond donors (Lipinski definition) is 1.